The molecule has 0 fully saturated rings. The second-order valence-corrected chi connectivity index (χ2v) is 3.63. The molecule has 0 aliphatic heterocycles. The van der Waals surface area contributed by atoms with E-state index in [0.717, 1.165) is 5.03 Å². The van der Waals surface area contributed by atoms with E-state index in [1.807, 2.05) is 12.3 Å². The van der Waals surface area contributed by atoms with Crippen LogP contribution in [0.15, 0.2) is 17.4 Å². The third kappa shape index (κ3) is 2.94. The molecule has 0 amide bonds. The highest BCUT2D eigenvalue weighted by Crippen LogP contribution is 2.18. The Kier molecular flexibility index (Phi) is 4.73. The summed E-state index contributed by atoms with van der Waals surface area (Å²) in [5.74, 6) is -1.55. The van der Waals surface area contributed by atoms with Crippen molar-refractivity contribution in [1.29, 1.82) is 5.26 Å². The van der Waals surface area contributed by atoms with Gasteiger partial charge >= 0.3 is 5.97 Å². The van der Waals surface area contributed by atoms with Gasteiger partial charge in [-0.05, 0) is 19.2 Å². The predicted octanol–water partition coefficient (Wildman–Crippen LogP) is 1.37. The molecular weight excluding hydrogens is 226 g/mol. The molecule has 84 valence electrons. The first-order valence-electron chi connectivity index (χ1n) is 4.65. The van der Waals surface area contributed by atoms with Crippen molar-refractivity contribution in [3.8, 4) is 6.07 Å². The minimum atomic E-state index is -0.978. The topological polar surface area (TPSA) is 75.9 Å². The monoisotopic (exact) mass is 237 g/mol. The molecule has 0 bridgehead atoms. The van der Waals surface area contributed by atoms with E-state index in [1.165, 1.54) is 18.1 Å². The maximum absolute atomic E-state index is 11.5. The molecule has 0 aliphatic carbocycles. The number of hydrogen-bond acceptors (Lipinski definition) is 6. The lowest BCUT2D eigenvalue weighted by atomic mass is 10.1. The van der Waals surface area contributed by atoms with Crippen LogP contribution in [0.25, 0.3) is 0 Å². The Morgan fingerprint density at radius 1 is 1.69 bits per heavy atom. The van der Waals surface area contributed by atoms with Gasteiger partial charge in [-0.3, -0.25) is 4.79 Å². The summed E-state index contributed by atoms with van der Waals surface area (Å²) in [5, 5.41) is 9.64. The van der Waals surface area contributed by atoms with Gasteiger partial charge in [-0.25, -0.2) is 9.97 Å². The van der Waals surface area contributed by atoms with Crippen molar-refractivity contribution in [1.82, 2.24) is 9.97 Å². The molecule has 0 spiro atoms. The Balaban J connectivity index is 2.95. The van der Waals surface area contributed by atoms with Crippen LogP contribution < -0.4 is 0 Å². The van der Waals surface area contributed by atoms with Crippen molar-refractivity contribution in [3.63, 3.8) is 0 Å². The maximum Gasteiger partial charge on any atom is 0.329 e. The number of rotatable bonds is 4. The van der Waals surface area contributed by atoms with Crippen molar-refractivity contribution in [3.05, 3.63) is 18.1 Å². The van der Waals surface area contributed by atoms with Gasteiger partial charge in [0.25, 0.3) is 0 Å². The largest absolute Gasteiger partial charge is 0.465 e. The van der Waals surface area contributed by atoms with E-state index in [1.54, 1.807) is 13.0 Å². The van der Waals surface area contributed by atoms with Crippen LogP contribution in [0.5, 0.6) is 0 Å². The number of nitrogens with zero attached hydrogens (tertiary/aromatic N) is 3. The minimum absolute atomic E-state index is 0.248. The number of aromatic nitrogens is 2. The van der Waals surface area contributed by atoms with Crippen LogP contribution in [0, 0.1) is 11.3 Å². The number of hydrogen-bond donors (Lipinski definition) is 0. The summed E-state index contributed by atoms with van der Waals surface area (Å²) in [4.78, 5) is 19.3. The summed E-state index contributed by atoms with van der Waals surface area (Å²) in [5.41, 5.74) is 0.375. The molecule has 1 aromatic rings. The number of thioether (sulfide) groups is 1. The molecule has 1 unspecified atom stereocenters. The molecule has 0 saturated carbocycles. The van der Waals surface area contributed by atoms with Gasteiger partial charge < -0.3 is 4.74 Å². The zero-order valence-electron chi connectivity index (χ0n) is 9.01. The first kappa shape index (κ1) is 12.5. The third-order valence-electron chi connectivity index (χ3n) is 1.82. The maximum atomic E-state index is 11.5. The van der Waals surface area contributed by atoms with Crippen molar-refractivity contribution in [2.75, 3.05) is 12.9 Å². The molecule has 16 heavy (non-hydrogen) atoms. The molecule has 5 nitrogen and oxygen atoms in total. The SMILES string of the molecule is CCOC(=O)C(C#N)c1cc(SC)ncn1. The molecule has 1 aromatic heterocycles. The van der Waals surface area contributed by atoms with Crippen LogP contribution in [-0.2, 0) is 9.53 Å². The van der Waals surface area contributed by atoms with Gasteiger partial charge in [0.2, 0.25) is 0 Å². The number of ether oxygens (including phenoxy) is 1. The van der Waals surface area contributed by atoms with E-state index in [4.69, 9.17) is 10.00 Å². The second-order valence-electron chi connectivity index (χ2n) is 2.80. The summed E-state index contributed by atoms with van der Waals surface area (Å²) in [6.07, 6.45) is 3.20. The van der Waals surface area contributed by atoms with Crippen molar-refractivity contribution >= 4 is 17.7 Å². The van der Waals surface area contributed by atoms with E-state index in [-0.39, 0.29) is 6.61 Å². The summed E-state index contributed by atoms with van der Waals surface area (Å²) < 4.78 is 4.79. The fourth-order valence-electron chi connectivity index (χ4n) is 1.09. The van der Waals surface area contributed by atoms with Crippen LogP contribution in [0.2, 0.25) is 0 Å². The first-order chi connectivity index (χ1) is 7.72. The normalized spacial score (nSPS) is 11.6. The quantitative estimate of drug-likeness (QED) is 0.447. The highest BCUT2D eigenvalue weighted by Gasteiger charge is 2.23. The minimum Gasteiger partial charge on any atom is -0.465 e. The smallest absolute Gasteiger partial charge is 0.329 e. The first-order valence-corrected chi connectivity index (χ1v) is 5.87. The van der Waals surface area contributed by atoms with Crippen molar-refractivity contribution in [2.24, 2.45) is 0 Å². The molecule has 0 radical (unpaired) electrons. The number of carbonyl (C=O) groups is 1. The van der Waals surface area contributed by atoms with E-state index in [0.29, 0.717) is 5.69 Å². The Bertz CT molecular complexity index is 417. The molecule has 1 rings (SSSR count). The Morgan fingerprint density at radius 3 is 3.00 bits per heavy atom. The van der Waals surface area contributed by atoms with Crippen LogP contribution in [0.3, 0.4) is 0 Å². The molecule has 6 heteroatoms. The number of nitriles is 1. The molecule has 0 N–H and O–H groups in total. The highest BCUT2D eigenvalue weighted by atomic mass is 32.2. The van der Waals surface area contributed by atoms with Gasteiger partial charge in [-0.1, -0.05) is 0 Å². The van der Waals surface area contributed by atoms with Crippen LogP contribution >= 0.6 is 11.8 Å². The van der Waals surface area contributed by atoms with E-state index < -0.39 is 11.9 Å². The van der Waals surface area contributed by atoms with E-state index >= 15 is 0 Å². The van der Waals surface area contributed by atoms with Gasteiger partial charge in [0.1, 0.15) is 6.33 Å². The van der Waals surface area contributed by atoms with Crippen LogP contribution in [0.4, 0.5) is 0 Å². The van der Waals surface area contributed by atoms with Crippen molar-refractivity contribution in [2.45, 2.75) is 17.9 Å². The average molecular weight is 237 g/mol. The predicted molar refractivity (Wildman–Crippen MR) is 58.8 cm³/mol. The molecule has 0 aliphatic rings. The lowest BCUT2D eigenvalue weighted by Gasteiger charge is -2.07. The Hall–Kier alpha value is -1.61. The second kappa shape index (κ2) is 6.08. The standard InChI is InChI=1S/C10H11N3O2S/c1-3-15-10(14)7(5-11)8-4-9(16-2)13-6-12-8/h4,6-7H,3H2,1-2H3. The average Bonchev–Trinajstić information content (AvgIpc) is 2.31. The fourth-order valence-corrected chi connectivity index (χ4v) is 1.48. The van der Waals surface area contributed by atoms with Crippen LogP contribution in [-0.4, -0.2) is 28.8 Å². The van der Waals surface area contributed by atoms with Crippen LogP contribution in [0.1, 0.15) is 18.5 Å². The molecule has 1 heterocycles. The molecule has 0 aromatic carbocycles. The summed E-state index contributed by atoms with van der Waals surface area (Å²) in [6, 6.07) is 3.50. The summed E-state index contributed by atoms with van der Waals surface area (Å²) in [6.45, 7) is 1.94. The zero-order chi connectivity index (χ0) is 12.0. The highest BCUT2D eigenvalue weighted by molar-refractivity contribution is 7.98. The molecule has 1 atom stereocenters. The Morgan fingerprint density at radius 2 is 2.44 bits per heavy atom. The summed E-state index contributed by atoms with van der Waals surface area (Å²) in [7, 11) is 0. The lowest BCUT2D eigenvalue weighted by Crippen LogP contribution is -2.15. The molecular formula is C10H11N3O2S. The van der Waals surface area contributed by atoms with E-state index in [2.05, 4.69) is 9.97 Å². The zero-order valence-corrected chi connectivity index (χ0v) is 9.82. The summed E-state index contributed by atoms with van der Waals surface area (Å²) >= 11 is 1.42. The lowest BCUT2D eigenvalue weighted by molar-refractivity contribution is -0.143. The molecule has 0 saturated heterocycles. The van der Waals surface area contributed by atoms with E-state index in [9.17, 15) is 4.79 Å². The van der Waals surface area contributed by atoms with Gasteiger partial charge in [0.15, 0.2) is 5.92 Å². The third-order valence-corrected chi connectivity index (χ3v) is 2.46. The van der Waals surface area contributed by atoms with Crippen molar-refractivity contribution < 1.29 is 9.53 Å². The van der Waals surface area contributed by atoms with Gasteiger partial charge in [0.05, 0.1) is 23.4 Å². The van der Waals surface area contributed by atoms with Gasteiger partial charge in [-0.15, -0.1) is 11.8 Å². The fraction of sp³-hybridized carbons (Fsp3) is 0.400. The number of carbonyl (C=O) groups excluding carboxylic acids is 1. The Labute approximate surface area is 97.9 Å². The van der Waals surface area contributed by atoms with Gasteiger partial charge in [0, 0.05) is 0 Å². The van der Waals surface area contributed by atoms with Gasteiger partial charge in [-0.2, -0.15) is 5.26 Å². The number of esters is 1.